The van der Waals surface area contributed by atoms with Gasteiger partial charge in [0.25, 0.3) is 0 Å². The first-order valence-electron chi connectivity index (χ1n) is 10.2. The molecule has 26 heavy (non-hydrogen) atoms. The van der Waals surface area contributed by atoms with Crippen molar-refractivity contribution in [2.24, 2.45) is 5.92 Å². The molecule has 2 N–H and O–H groups in total. The molecule has 1 aromatic carbocycles. The quantitative estimate of drug-likeness (QED) is 0.599. The highest BCUT2D eigenvalue weighted by Gasteiger charge is 2.20. The van der Waals surface area contributed by atoms with Crippen molar-refractivity contribution in [3.8, 4) is 0 Å². The van der Waals surface area contributed by atoms with Crippen molar-refractivity contribution in [1.82, 2.24) is 10.6 Å². The van der Waals surface area contributed by atoms with Gasteiger partial charge in [-0.2, -0.15) is 0 Å². The van der Waals surface area contributed by atoms with Gasteiger partial charge < -0.3 is 15.5 Å². The molecule has 0 bridgehead atoms. The van der Waals surface area contributed by atoms with Crippen LogP contribution in [0.15, 0.2) is 43.1 Å². The maximum atomic E-state index is 4.16. The van der Waals surface area contributed by atoms with Crippen LogP contribution >= 0.6 is 0 Å². The predicted molar refractivity (Wildman–Crippen MR) is 115 cm³/mol. The van der Waals surface area contributed by atoms with E-state index in [1.165, 1.54) is 42.7 Å². The molecule has 0 amide bonds. The van der Waals surface area contributed by atoms with Crippen molar-refractivity contribution < 1.29 is 0 Å². The Morgan fingerprint density at radius 1 is 1.42 bits per heavy atom. The second-order valence-corrected chi connectivity index (χ2v) is 7.54. The molecule has 1 saturated heterocycles. The third-order valence-electron chi connectivity index (χ3n) is 5.54. The van der Waals surface area contributed by atoms with Crippen LogP contribution in [0.25, 0.3) is 0 Å². The van der Waals surface area contributed by atoms with Crippen molar-refractivity contribution in [2.75, 3.05) is 25.0 Å². The van der Waals surface area contributed by atoms with Gasteiger partial charge in [0.15, 0.2) is 0 Å². The van der Waals surface area contributed by atoms with Gasteiger partial charge in [-0.3, -0.25) is 0 Å². The minimum atomic E-state index is 0.265. The number of nitrogens with zero attached hydrogens (tertiary/aromatic N) is 1. The van der Waals surface area contributed by atoms with Crippen LogP contribution in [0.4, 0.5) is 5.69 Å². The number of benzene rings is 1. The lowest BCUT2D eigenvalue weighted by Gasteiger charge is -2.35. The van der Waals surface area contributed by atoms with E-state index in [2.05, 4.69) is 60.7 Å². The fourth-order valence-electron chi connectivity index (χ4n) is 3.99. The molecule has 0 saturated carbocycles. The Labute approximate surface area is 160 Å². The number of hydrogen-bond acceptors (Lipinski definition) is 3. The average Bonchev–Trinajstić information content (AvgIpc) is 2.67. The molecule has 2 rings (SSSR count). The third-order valence-corrected chi connectivity index (χ3v) is 5.54. The predicted octanol–water partition coefficient (Wildman–Crippen LogP) is 4.64. The normalized spacial score (nSPS) is 18.4. The molecule has 2 unspecified atom stereocenters. The highest BCUT2D eigenvalue weighted by Crippen LogP contribution is 2.29. The Hall–Kier alpha value is -1.74. The topological polar surface area (TPSA) is 27.3 Å². The van der Waals surface area contributed by atoms with E-state index in [1.807, 2.05) is 13.1 Å². The van der Waals surface area contributed by atoms with Crippen LogP contribution in [-0.2, 0) is 13.0 Å². The molecule has 3 heteroatoms. The number of likely N-dealkylation sites (N-methyl/N-ethyl adjacent to an activating group) is 1. The lowest BCUT2D eigenvalue weighted by Crippen LogP contribution is -2.36. The van der Waals surface area contributed by atoms with Gasteiger partial charge in [-0.05, 0) is 55.2 Å². The fourth-order valence-corrected chi connectivity index (χ4v) is 3.99. The molecule has 0 aromatic heterocycles. The summed E-state index contributed by atoms with van der Waals surface area (Å²) in [6, 6.07) is 7.06. The van der Waals surface area contributed by atoms with Gasteiger partial charge >= 0.3 is 0 Å². The molecule has 1 aliphatic rings. The second-order valence-electron chi connectivity index (χ2n) is 7.54. The third kappa shape index (κ3) is 5.38. The molecule has 1 fully saturated rings. The summed E-state index contributed by atoms with van der Waals surface area (Å²) in [5.41, 5.74) is 5.39. The zero-order valence-electron chi connectivity index (χ0n) is 17.0. The van der Waals surface area contributed by atoms with E-state index >= 15 is 0 Å². The van der Waals surface area contributed by atoms with Gasteiger partial charge in [-0.15, -0.1) is 6.58 Å². The molecule has 2 atom stereocenters. The van der Waals surface area contributed by atoms with E-state index in [0.29, 0.717) is 0 Å². The van der Waals surface area contributed by atoms with Gasteiger partial charge in [0.1, 0.15) is 0 Å². The van der Waals surface area contributed by atoms with Crippen LogP contribution in [0.3, 0.4) is 0 Å². The van der Waals surface area contributed by atoms with Gasteiger partial charge in [0.05, 0.1) is 0 Å². The zero-order valence-corrected chi connectivity index (χ0v) is 17.0. The van der Waals surface area contributed by atoms with Crippen LogP contribution in [0, 0.1) is 5.92 Å². The van der Waals surface area contributed by atoms with E-state index in [9.17, 15) is 0 Å². The Kier molecular flexibility index (Phi) is 8.24. The lowest BCUT2D eigenvalue weighted by atomic mass is 9.96. The Morgan fingerprint density at radius 2 is 2.23 bits per heavy atom. The summed E-state index contributed by atoms with van der Waals surface area (Å²) < 4.78 is 0. The molecule has 1 aromatic rings. The van der Waals surface area contributed by atoms with Gasteiger partial charge in [0, 0.05) is 44.1 Å². The summed E-state index contributed by atoms with van der Waals surface area (Å²) in [7, 11) is 1.94. The maximum Gasteiger partial charge on any atom is 0.0468 e. The number of nitrogens with one attached hydrogen (secondary N) is 2. The minimum absolute atomic E-state index is 0.265. The van der Waals surface area contributed by atoms with E-state index in [1.54, 1.807) is 0 Å². The van der Waals surface area contributed by atoms with Crippen molar-refractivity contribution in [2.45, 2.75) is 58.5 Å². The zero-order chi connectivity index (χ0) is 18.9. The largest absolute Gasteiger partial charge is 0.391 e. The van der Waals surface area contributed by atoms with Crippen molar-refractivity contribution in [3.05, 3.63) is 54.3 Å². The number of hydrogen-bond donors (Lipinski definition) is 2. The van der Waals surface area contributed by atoms with Crippen LogP contribution < -0.4 is 15.5 Å². The fraction of sp³-hybridized carbons (Fsp3) is 0.565. The molecule has 3 nitrogen and oxygen atoms in total. The summed E-state index contributed by atoms with van der Waals surface area (Å²) in [6.45, 7) is 15.9. The average molecular weight is 356 g/mol. The van der Waals surface area contributed by atoms with Crippen LogP contribution in [0.2, 0.25) is 0 Å². The molecule has 0 radical (unpaired) electrons. The summed E-state index contributed by atoms with van der Waals surface area (Å²) in [5.74, 6) is 0.789. The molecular formula is C23H37N3. The van der Waals surface area contributed by atoms with Gasteiger partial charge in [0.2, 0.25) is 0 Å². The Balaban J connectivity index is 2.14. The van der Waals surface area contributed by atoms with Crippen LogP contribution in [0.1, 0.15) is 50.7 Å². The summed E-state index contributed by atoms with van der Waals surface area (Å²) in [5, 5.41) is 6.91. The number of allylic oxidation sites excluding steroid dienone is 1. The molecule has 1 aliphatic heterocycles. The lowest BCUT2D eigenvalue weighted by molar-refractivity contribution is 0.446. The number of anilines is 1. The van der Waals surface area contributed by atoms with E-state index < -0.39 is 0 Å². The monoisotopic (exact) mass is 355 g/mol. The molecule has 1 heterocycles. The van der Waals surface area contributed by atoms with Crippen molar-refractivity contribution in [1.29, 1.82) is 0 Å². The molecule has 144 valence electrons. The minimum Gasteiger partial charge on any atom is -0.391 e. The van der Waals surface area contributed by atoms with E-state index in [-0.39, 0.29) is 6.04 Å². The first-order valence-corrected chi connectivity index (χ1v) is 10.2. The highest BCUT2D eigenvalue weighted by molar-refractivity contribution is 5.57. The van der Waals surface area contributed by atoms with Crippen LogP contribution in [-0.4, -0.2) is 26.2 Å². The second kappa shape index (κ2) is 10.4. The number of piperidine rings is 1. The standard InChI is InChI=1S/C23H37N3/c1-6-8-13-22(19(4)24-5)25-16-20-12-9-14-23(21(20)7-2)26-15-10-11-18(3)17-26/h6,9,12,14,18,22,24-25H,1,4,7-8,10-11,13,15-17H2,2-3,5H3. The van der Waals surface area contributed by atoms with Crippen molar-refractivity contribution >= 4 is 5.69 Å². The van der Waals surface area contributed by atoms with Gasteiger partial charge in [-0.25, -0.2) is 0 Å². The Bertz CT molecular complexity index is 593. The van der Waals surface area contributed by atoms with Crippen LogP contribution in [0.5, 0.6) is 0 Å². The van der Waals surface area contributed by atoms with Crippen molar-refractivity contribution in [3.63, 3.8) is 0 Å². The SMILES string of the molecule is C=CCCC(NCc1cccc(N2CCCC(C)C2)c1CC)C(=C)NC. The first-order chi connectivity index (χ1) is 12.6. The first kappa shape index (κ1) is 20.6. The summed E-state index contributed by atoms with van der Waals surface area (Å²) in [4.78, 5) is 2.60. The molecule has 0 spiro atoms. The smallest absolute Gasteiger partial charge is 0.0468 e. The van der Waals surface area contributed by atoms with E-state index in [0.717, 1.165) is 37.4 Å². The summed E-state index contributed by atoms with van der Waals surface area (Å²) in [6.07, 6.45) is 7.73. The summed E-state index contributed by atoms with van der Waals surface area (Å²) >= 11 is 0. The Morgan fingerprint density at radius 3 is 2.88 bits per heavy atom. The molecule has 0 aliphatic carbocycles. The van der Waals surface area contributed by atoms with E-state index in [4.69, 9.17) is 0 Å². The highest BCUT2D eigenvalue weighted by atomic mass is 15.1. The number of rotatable bonds is 10. The molecular weight excluding hydrogens is 318 g/mol. The maximum absolute atomic E-state index is 4.16. The van der Waals surface area contributed by atoms with Gasteiger partial charge in [-0.1, -0.05) is 38.6 Å².